The van der Waals surface area contributed by atoms with Crippen molar-refractivity contribution >= 4 is 77.4 Å². The van der Waals surface area contributed by atoms with E-state index < -0.39 is 11.9 Å². The summed E-state index contributed by atoms with van der Waals surface area (Å²) in [7, 11) is 0. The van der Waals surface area contributed by atoms with Gasteiger partial charge in [0.15, 0.2) is 0 Å². The maximum atomic E-state index is 12.1. The van der Waals surface area contributed by atoms with E-state index in [2.05, 4.69) is 48.5 Å². The number of aryl methyl sites for hydroxylation is 2. The normalized spacial score (nSPS) is 13.2. The molecule has 6 aromatic rings. The van der Waals surface area contributed by atoms with Crippen LogP contribution in [0.15, 0.2) is 71.2 Å². The van der Waals surface area contributed by atoms with Gasteiger partial charge in [0.25, 0.3) is 0 Å². The Balaban J connectivity index is 1.25. The number of aromatic nitrogens is 2. The van der Waals surface area contributed by atoms with Crippen molar-refractivity contribution in [2.75, 3.05) is 6.54 Å². The predicted molar refractivity (Wildman–Crippen MR) is 203 cm³/mol. The summed E-state index contributed by atoms with van der Waals surface area (Å²) in [5.74, 6) is -2.20. The third kappa shape index (κ3) is 6.60. The first-order chi connectivity index (χ1) is 23.8. The molecule has 0 atom stereocenters. The van der Waals surface area contributed by atoms with E-state index in [0.29, 0.717) is 18.0 Å². The van der Waals surface area contributed by atoms with Crippen molar-refractivity contribution in [1.82, 2.24) is 9.97 Å². The lowest BCUT2D eigenvalue weighted by Crippen LogP contribution is -2.11. The molecule has 0 unspecified atom stereocenters. The minimum atomic E-state index is -1.11. The Hall–Kier alpha value is -4.51. The first kappa shape index (κ1) is 33.0. The lowest BCUT2D eigenvalue weighted by molar-refractivity contribution is 0.0685. The molecular formula is C39H35N3O4S3. The number of nitrogens with zero attached hydrogens (tertiary/aromatic N) is 3. The van der Waals surface area contributed by atoms with Crippen molar-refractivity contribution in [3.63, 3.8) is 0 Å². The first-order valence-electron chi connectivity index (χ1n) is 16.6. The highest BCUT2D eigenvalue weighted by Gasteiger charge is 2.21. The number of dihydropyridines is 1. The number of aliphatic imine (C=N–C) groups is 1. The molecule has 7 rings (SSSR count). The summed E-state index contributed by atoms with van der Waals surface area (Å²) in [5.41, 5.74) is 5.78. The lowest BCUT2D eigenvalue weighted by Gasteiger charge is -2.13. The van der Waals surface area contributed by atoms with Crippen molar-refractivity contribution in [1.29, 1.82) is 0 Å². The van der Waals surface area contributed by atoms with Crippen molar-refractivity contribution in [3.05, 3.63) is 99.0 Å². The van der Waals surface area contributed by atoms with Gasteiger partial charge in [0.2, 0.25) is 0 Å². The van der Waals surface area contributed by atoms with Gasteiger partial charge < -0.3 is 10.2 Å². The van der Waals surface area contributed by atoms with Gasteiger partial charge in [-0.15, -0.1) is 34.0 Å². The number of unbranched alkanes of at least 4 members (excludes halogenated alkanes) is 2. The van der Waals surface area contributed by atoms with Crippen LogP contribution in [0, 0.1) is 0 Å². The average molecular weight is 706 g/mol. The smallest absolute Gasteiger partial charge is 0.335 e. The minimum absolute atomic E-state index is 0.0328. The van der Waals surface area contributed by atoms with Crippen LogP contribution >= 0.6 is 34.0 Å². The molecule has 2 N–H and O–H groups in total. The standard InChI is InChI=1S/C39H35N3O4S3/c1-3-5-7-25-27-13-16-47-36(27)26(8-6-4-2)28-21-35(49-37(25)28)34-10-9-33(48-34)22-11-14-40-29(17-22)31-19-24(39(45)46)20-32(42-31)30-18-23(38(43)44)12-15-41-30/h9-10,12-13,15-21H,3-8,11,14H2,1-2H3,(H,43,44)(H,45,46). The highest BCUT2D eigenvalue weighted by atomic mass is 32.1. The molecule has 6 heterocycles. The number of hydrogen-bond acceptors (Lipinski definition) is 8. The van der Waals surface area contributed by atoms with Crippen LogP contribution in [0.5, 0.6) is 0 Å². The van der Waals surface area contributed by atoms with Gasteiger partial charge in [0, 0.05) is 36.8 Å². The number of carboxylic acids is 2. The summed E-state index contributed by atoms with van der Waals surface area (Å²) < 4.78 is 2.89. The molecule has 0 amide bonds. The second-order valence-electron chi connectivity index (χ2n) is 12.2. The summed E-state index contributed by atoms with van der Waals surface area (Å²) in [6, 6.07) is 14.9. The number of thiophene rings is 3. The van der Waals surface area contributed by atoms with E-state index in [-0.39, 0.29) is 22.5 Å². The van der Waals surface area contributed by atoms with Crippen LogP contribution in [-0.4, -0.2) is 44.4 Å². The Labute approximate surface area is 296 Å². The molecule has 49 heavy (non-hydrogen) atoms. The molecule has 0 bridgehead atoms. The maximum absolute atomic E-state index is 12.1. The number of aromatic carboxylic acids is 2. The van der Waals surface area contributed by atoms with Gasteiger partial charge in [-0.05, 0) is 120 Å². The van der Waals surface area contributed by atoms with Crippen LogP contribution < -0.4 is 0 Å². The minimum Gasteiger partial charge on any atom is -0.478 e. The summed E-state index contributed by atoms with van der Waals surface area (Å²) >= 11 is 5.58. The molecular weight excluding hydrogens is 671 g/mol. The van der Waals surface area contributed by atoms with E-state index in [1.54, 1.807) is 11.3 Å². The van der Waals surface area contributed by atoms with E-state index in [1.165, 1.54) is 97.2 Å². The Morgan fingerprint density at radius 3 is 2.22 bits per heavy atom. The van der Waals surface area contributed by atoms with Crippen molar-refractivity contribution in [2.45, 2.75) is 58.8 Å². The molecule has 0 aliphatic carbocycles. The second-order valence-corrected chi connectivity index (χ2v) is 15.2. The predicted octanol–water partition coefficient (Wildman–Crippen LogP) is 10.7. The third-order valence-corrected chi connectivity index (χ3v) is 12.4. The number of benzene rings is 1. The molecule has 7 nitrogen and oxygen atoms in total. The van der Waals surface area contributed by atoms with Gasteiger partial charge in [0.05, 0.1) is 33.9 Å². The number of rotatable bonds is 12. The van der Waals surface area contributed by atoms with E-state index in [0.717, 1.165) is 29.7 Å². The molecule has 248 valence electrons. The van der Waals surface area contributed by atoms with Crippen molar-refractivity contribution in [2.24, 2.45) is 4.99 Å². The van der Waals surface area contributed by atoms with Gasteiger partial charge in [-0.2, -0.15) is 0 Å². The molecule has 10 heteroatoms. The topological polar surface area (TPSA) is 113 Å². The molecule has 0 radical (unpaired) electrons. The zero-order chi connectivity index (χ0) is 34.1. The Morgan fingerprint density at radius 2 is 1.47 bits per heavy atom. The van der Waals surface area contributed by atoms with E-state index in [9.17, 15) is 19.8 Å². The molecule has 0 saturated heterocycles. The first-order valence-corrected chi connectivity index (χ1v) is 19.1. The van der Waals surface area contributed by atoms with Gasteiger partial charge in [-0.3, -0.25) is 9.98 Å². The van der Waals surface area contributed by atoms with Crippen molar-refractivity contribution in [3.8, 4) is 21.1 Å². The largest absolute Gasteiger partial charge is 0.478 e. The zero-order valence-corrected chi connectivity index (χ0v) is 29.7. The second kappa shape index (κ2) is 14.2. The van der Waals surface area contributed by atoms with E-state index >= 15 is 0 Å². The SMILES string of the molecule is CCCCc1c2cc(-c3ccc(C4=CC(c5cc(C(=O)O)cc(-c6cc(C(=O)O)ccn6)n5)=NCC4)s3)sc2c(CCCC)c2ccsc12. The summed E-state index contributed by atoms with van der Waals surface area (Å²) in [6.07, 6.45) is 11.0. The quantitative estimate of drug-likeness (QED) is 0.131. The van der Waals surface area contributed by atoms with Gasteiger partial charge in [-0.25, -0.2) is 14.6 Å². The van der Waals surface area contributed by atoms with Gasteiger partial charge in [-0.1, -0.05) is 26.7 Å². The number of carbonyl (C=O) groups is 2. The monoisotopic (exact) mass is 705 g/mol. The number of carboxylic acid groups (broad SMARTS) is 2. The molecule has 0 spiro atoms. The molecule has 1 aliphatic rings. The van der Waals surface area contributed by atoms with E-state index in [4.69, 9.17) is 9.98 Å². The molecule has 5 aromatic heterocycles. The van der Waals surface area contributed by atoms with E-state index in [1.807, 2.05) is 28.7 Å². The fourth-order valence-electron chi connectivity index (χ4n) is 6.38. The van der Waals surface area contributed by atoms with Crippen LogP contribution in [0.25, 0.3) is 46.9 Å². The summed E-state index contributed by atoms with van der Waals surface area (Å²) in [6.45, 7) is 5.07. The van der Waals surface area contributed by atoms with Crippen LogP contribution in [0.1, 0.15) is 88.4 Å². The van der Waals surface area contributed by atoms with Crippen LogP contribution in [0.3, 0.4) is 0 Å². The fourth-order valence-corrected chi connectivity index (χ4v) is 9.80. The number of fused-ring (bicyclic) bond motifs is 2. The molecule has 1 aliphatic heterocycles. The molecule has 1 aromatic carbocycles. The highest BCUT2D eigenvalue weighted by molar-refractivity contribution is 7.26. The summed E-state index contributed by atoms with van der Waals surface area (Å²) in [5, 5.41) is 24.4. The number of allylic oxidation sites excluding steroid dienone is 1. The third-order valence-electron chi connectivity index (χ3n) is 8.90. The van der Waals surface area contributed by atoms with Crippen molar-refractivity contribution < 1.29 is 19.8 Å². The molecule has 0 fully saturated rings. The Morgan fingerprint density at radius 1 is 0.755 bits per heavy atom. The fraction of sp³-hybridized carbons (Fsp3) is 0.256. The average Bonchev–Trinajstić information content (AvgIpc) is 3.90. The van der Waals surface area contributed by atoms with Crippen LogP contribution in [0.4, 0.5) is 0 Å². The highest BCUT2D eigenvalue weighted by Crippen LogP contribution is 2.46. The Kier molecular flexibility index (Phi) is 9.53. The van der Waals surface area contributed by atoms with Gasteiger partial charge >= 0.3 is 11.9 Å². The van der Waals surface area contributed by atoms with Gasteiger partial charge in [0.1, 0.15) is 0 Å². The van der Waals surface area contributed by atoms with Crippen LogP contribution in [0.2, 0.25) is 0 Å². The molecule has 0 saturated carbocycles. The maximum Gasteiger partial charge on any atom is 0.335 e. The number of pyridine rings is 2. The zero-order valence-electron chi connectivity index (χ0n) is 27.3. The Bertz CT molecular complexity index is 2230. The lowest BCUT2D eigenvalue weighted by atomic mass is 9.96. The number of hydrogen-bond donors (Lipinski definition) is 2. The summed E-state index contributed by atoms with van der Waals surface area (Å²) in [4.78, 5) is 41.0. The van der Waals surface area contributed by atoms with Crippen LogP contribution in [-0.2, 0) is 12.8 Å².